The van der Waals surface area contributed by atoms with Gasteiger partial charge in [-0.3, -0.25) is 4.79 Å². The number of hydrogen-bond donors (Lipinski definition) is 2. The lowest BCUT2D eigenvalue weighted by Crippen LogP contribution is -2.27. The summed E-state index contributed by atoms with van der Waals surface area (Å²) in [5, 5.41) is 3.02. The zero-order chi connectivity index (χ0) is 15.8. The first-order valence-corrected chi connectivity index (χ1v) is 7.70. The first-order chi connectivity index (χ1) is 9.88. The Kier molecular flexibility index (Phi) is 7.23. The van der Waals surface area contributed by atoms with Crippen molar-refractivity contribution in [3.8, 4) is 5.75 Å². The van der Waals surface area contributed by atoms with Crippen LogP contribution in [0.25, 0.3) is 0 Å². The summed E-state index contributed by atoms with van der Waals surface area (Å²) >= 11 is 0. The number of benzene rings is 1. The average molecular weight is 292 g/mol. The van der Waals surface area contributed by atoms with Gasteiger partial charge in [-0.15, -0.1) is 0 Å². The minimum Gasteiger partial charge on any atom is -0.491 e. The van der Waals surface area contributed by atoms with Crippen molar-refractivity contribution < 1.29 is 9.53 Å². The maximum atomic E-state index is 11.9. The maximum absolute atomic E-state index is 11.9. The molecule has 0 saturated carbocycles. The van der Waals surface area contributed by atoms with Crippen molar-refractivity contribution in [3.05, 3.63) is 29.8 Å². The Morgan fingerprint density at radius 1 is 1.29 bits per heavy atom. The molecule has 0 fully saturated rings. The minimum atomic E-state index is -0.0245. The number of hydrogen-bond acceptors (Lipinski definition) is 3. The van der Waals surface area contributed by atoms with Crippen molar-refractivity contribution in [2.24, 2.45) is 5.73 Å². The first kappa shape index (κ1) is 17.5. The molecule has 1 aromatic carbocycles. The molecule has 4 nitrogen and oxygen atoms in total. The van der Waals surface area contributed by atoms with E-state index in [1.807, 2.05) is 52.0 Å². The smallest absolute Gasteiger partial charge is 0.220 e. The van der Waals surface area contributed by atoms with Gasteiger partial charge in [-0.2, -0.15) is 0 Å². The summed E-state index contributed by atoms with van der Waals surface area (Å²) < 4.78 is 5.67. The first-order valence-electron chi connectivity index (χ1n) is 7.70. The third kappa shape index (κ3) is 7.14. The molecule has 118 valence electrons. The van der Waals surface area contributed by atoms with Crippen LogP contribution in [-0.4, -0.2) is 18.1 Å². The fraction of sp³-hybridized carbons (Fsp3) is 0.588. The summed E-state index contributed by atoms with van der Waals surface area (Å²) in [7, 11) is 0. The second-order valence-corrected chi connectivity index (χ2v) is 5.90. The van der Waals surface area contributed by atoms with Gasteiger partial charge in [0.25, 0.3) is 0 Å². The molecular weight excluding hydrogens is 264 g/mol. The lowest BCUT2D eigenvalue weighted by Gasteiger charge is -2.16. The Hall–Kier alpha value is -1.55. The molecule has 0 aliphatic rings. The molecule has 0 bridgehead atoms. The van der Waals surface area contributed by atoms with Crippen LogP contribution in [-0.2, 0) is 4.79 Å². The van der Waals surface area contributed by atoms with Crippen LogP contribution in [0.15, 0.2) is 24.3 Å². The molecule has 0 aliphatic carbocycles. The van der Waals surface area contributed by atoms with Crippen LogP contribution in [0.5, 0.6) is 5.75 Å². The van der Waals surface area contributed by atoms with Crippen LogP contribution in [0.3, 0.4) is 0 Å². The molecule has 0 aromatic heterocycles. The van der Waals surface area contributed by atoms with Crippen molar-refractivity contribution in [3.63, 3.8) is 0 Å². The van der Waals surface area contributed by atoms with E-state index in [-0.39, 0.29) is 24.1 Å². The summed E-state index contributed by atoms with van der Waals surface area (Å²) in [6.07, 6.45) is 2.36. The number of ether oxygens (including phenoxy) is 1. The van der Waals surface area contributed by atoms with E-state index in [4.69, 9.17) is 10.5 Å². The van der Waals surface area contributed by atoms with Gasteiger partial charge in [-0.25, -0.2) is 0 Å². The van der Waals surface area contributed by atoms with Gasteiger partial charge in [-0.1, -0.05) is 12.1 Å². The molecule has 4 heteroatoms. The standard InChI is InChI=1S/C17H28N2O2/c1-12(2)21-16-9-6-8-15(11-16)14(4)19-17(20)10-5-7-13(3)18/h6,8-9,11-14H,5,7,10,18H2,1-4H3,(H,19,20). The zero-order valence-corrected chi connectivity index (χ0v) is 13.6. The third-order valence-electron chi connectivity index (χ3n) is 3.17. The van der Waals surface area contributed by atoms with Crippen molar-refractivity contribution in [2.75, 3.05) is 0 Å². The molecule has 0 spiro atoms. The molecule has 1 amide bonds. The SMILES string of the molecule is CC(N)CCCC(=O)NC(C)c1cccc(OC(C)C)c1. The van der Waals surface area contributed by atoms with E-state index in [2.05, 4.69) is 5.32 Å². The van der Waals surface area contributed by atoms with Crippen molar-refractivity contribution in [2.45, 2.75) is 65.1 Å². The van der Waals surface area contributed by atoms with Gasteiger partial charge >= 0.3 is 0 Å². The molecule has 21 heavy (non-hydrogen) atoms. The highest BCUT2D eigenvalue weighted by Crippen LogP contribution is 2.20. The Morgan fingerprint density at radius 2 is 2.00 bits per heavy atom. The van der Waals surface area contributed by atoms with Crippen LogP contribution in [0, 0.1) is 0 Å². The normalized spacial score (nSPS) is 13.8. The summed E-state index contributed by atoms with van der Waals surface area (Å²) in [4.78, 5) is 11.9. The van der Waals surface area contributed by atoms with E-state index in [0.29, 0.717) is 6.42 Å². The molecule has 0 heterocycles. The van der Waals surface area contributed by atoms with Gasteiger partial charge in [0.2, 0.25) is 5.91 Å². The number of rotatable bonds is 8. The van der Waals surface area contributed by atoms with Crippen molar-refractivity contribution in [1.82, 2.24) is 5.32 Å². The van der Waals surface area contributed by atoms with Gasteiger partial charge in [0.05, 0.1) is 12.1 Å². The topological polar surface area (TPSA) is 64.4 Å². The highest BCUT2D eigenvalue weighted by atomic mass is 16.5. The number of carbonyl (C=O) groups is 1. The van der Waals surface area contributed by atoms with Crippen LogP contribution in [0.4, 0.5) is 0 Å². The highest BCUT2D eigenvalue weighted by molar-refractivity contribution is 5.76. The number of amides is 1. The van der Waals surface area contributed by atoms with Gasteiger partial charge in [0, 0.05) is 12.5 Å². The molecule has 0 aliphatic heterocycles. The molecule has 1 rings (SSSR count). The van der Waals surface area contributed by atoms with E-state index < -0.39 is 0 Å². The molecule has 2 atom stereocenters. The molecule has 2 unspecified atom stereocenters. The molecular formula is C17H28N2O2. The van der Waals surface area contributed by atoms with Crippen LogP contribution < -0.4 is 15.8 Å². The van der Waals surface area contributed by atoms with E-state index in [0.717, 1.165) is 24.2 Å². The molecule has 1 aromatic rings. The Bertz CT molecular complexity index is 444. The predicted molar refractivity (Wildman–Crippen MR) is 86.3 cm³/mol. The molecule has 0 saturated heterocycles. The van der Waals surface area contributed by atoms with Gasteiger partial charge < -0.3 is 15.8 Å². The maximum Gasteiger partial charge on any atom is 0.220 e. The fourth-order valence-electron chi connectivity index (χ4n) is 2.11. The number of nitrogens with two attached hydrogens (primary N) is 1. The van der Waals surface area contributed by atoms with Crippen molar-refractivity contribution in [1.29, 1.82) is 0 Å². The lowest BCUT2D eigenvalue weighted by molar-refractivity contribution is -0.121. The quantitative estimate of drug-likeness (QED) is 0.773. The molecule has 3 N–H and O–H groups in total. The third-order valence-corrected chi connectivity index (χ3v) is 3.17. The van der Waals surface area contributed by atoms with Crippen LogP contribution >= 0.6 is 0 Å². The monoisotopic (exact) mass is 292 g/mol. The van der Waals surface area contributed by atoms with Crippen LogP contribution in [0.1, 0.15) is 58.6 Å². The Labute approximate surface area is 128 Å². The van der Waals surface area contributed by atoms with E-state index in [1.54, 1.807) is 0 Å². The highest BCUT2D eigenvalue weighted by Gasteiger charge is 2.10. The van der Waals surface area contributed by atoms with Gasteiger partial charge in [0.15, 0.2) is 0 Å². The van der Waals surface area contributed by atoms with Gasteiger partial charge in [-0.05, 0) is 58.2 Å². The van der Waals surface area contributed by atoms with E-state index >= 15 is 0 Å². The van der Waals surface area contributed by atoms with E-state index in [1.165, 1.54) is 0 Å². The number of nitrogens with one attached hydrogen (secondary N) is 1. The second kappa shape index (κ2) is 8.67. The van der Waals surface area contributed by atoms with Crippen LogP contribution in [0.2, 0.25) is 0 Å². The predicted octanol–water partition coefficient (Wildman–Crippen LogP) is 3.17. The van der Waals surface area contributed by atoms with Gasteiger partial charge in [0.1, 0.15) is 5.75 Å². The Morgan fingerprint density at radius 3 is 2.62 bits per heavy atom. The number of carbonyl (C=O) groups excluding carboxylic acids is 1. The minimum absolute atomic E-state index is 0.0245. The largest absolute Gasteiger partial charge is 0.491 e. The Balaban J connectivity index is 2.50. The molecule has 0 radical (unpaired) electrons. The zero-order valence-electron chi connectivity index (χ0n) is 13.6. The van der Waals surface area contributed by atoms with E-state index in [9.17, 15) is 4.79 Å². The summed E-state index contributed by atoms with van der Waals surface area (Å²) in [6.45, 7) is 7.94. The lowest BCUT2D eigenvalue weighted by atomic mass is 10.1. The second-order valence-electron chi connectivity index (χ2n) is 5.90. The average Bonchev–Trinajstić information content (AvgIpc) is 2.37. The van der Waals surface area contributed by atoms with Crippen molar-refractivity contribution >= 4 is 5.91 Å². The summed E-state index contributed by atoms with van der Waals surface area (Å²) in [6, 6.07) is 7.99. The summed E-state index contributed by atoms with van der Waals surface area (Å²) in [5.41, 5.74) is 6.73. The fourth-order valence-corrected chi connectivity index (χ4v) is 2.11. The summed E-state index contributed by atoms with van der Waals surface area (Å²) in [5.74, 6) is 0.902.